The molecular formula is C19H28O2. The third-order valence-electron chi connectivity index (χ3n) is 4.04. The Labute approximate surface area is 129 Å². The van der Waals surface area contributed by atoms with Crippen molar-refractivity contribution < 1.29 is 9.47 Å². The maximum absolute atomic E-state index is 5.81. The van der Waals surface area contributed by atoms with E-state index in [9.17, 15) is 0 Å². The van der Waals surface area contributed by atoms with Gasteiger partial charge in [-0.3, -0.25) is 0 Å². The van der Waals surface area contributed by atoms with Crippen LogP contribution in [0.25, 0.3) is 0 Å². The molecular weight excluding hydrogens is 260 g/mol. The fraction of sp³-hybridized carbons (Fsp3) is 0.579. The van der Waals surface area contributed by atoms with E-state index in [0.29, 0.717) is 12.5 Å². The first kappa shape index (κ1) is 15.9. The van der Waals surface area contributed by atoms with Crippen molar-refractivity contribution in [3.63, 3.8) is 0 Å². The van der Waals surface area contributed by atoms with Crippen LogP contribution in [0.4, 0.5) is 0 Å². The van der Waals surface area contributed by atoms with Crippen LogP contribution < -0.4 is 9.47 Å². The van der Waals surface area contributed by atoms with Crippen molar-refractivity contribution in [1.82, 2.24) is 0 Å². The molecule has 0 amide bonds. The average molecular weight is 288 g/mol. The molecule has 2 rings (SSSR count). The van der Waals surface area contributed by atoms with Crippen LogP contribution in [0.1, 0.15) is 58.4 Å². The minimum Gasteiger partial charge on any atom is -0.493 e. The Morgan fingerprint density at radius 3 is 3.00 bits per heavy atom. The molecule has 0 bridgehead atoms. The lowest BCUT2D eigenvalue weighted by Crippen LogP contribution is -1.96. The lowest BCUT2D eigenvalue weighted by molar-refractivity contribution is 0.331. The zero-order chi connectivity index (χ0) is 15.2. The molecule has 0 aliphatic carbocycles. The maximum atomic E-state index is 5.81. The zero-order valence-corrected chi connectivity index (χ0v) is 13.8. The van der Waals surface area contributed by atoms with Crippen molar-refractivity contribution in [3.8, 4) is 11.5 Å². The minimum absolute atomic E-state index is 0.497. The van der Waals surface area contributed by atoms with Crippen LogP contribution in [0.15, 0.2) is 29.8 Å². The number of hydrogen-bond acceptors (Lipinski definition) is 2. The molecule has 1 aliphatic heterocycles. The molecule has 1 aromatic carbocycles. The van der Waals surface area contributed by atoms with E-state index >= 15 is 0 Å². The fourth-order valence-corrected chi connectivity index (χ4v) is 2.61. The van der Waals surface area contributed by atoms with Crippen LogP contribution in [0.2, 0.25) is 0 Å². The van der Waals surface area contributed by atoms with Crippen LogP contribution in [-0.4, -0.2) is 13.2 Å². The molecule has 0 radical (unpaired) electrons. The lowest BCUT2D eigenvalue weighted by atomic mass is 10.0. The summed E-state index contributed by atoms with van der Waals surface area (Å²) in [7, 11) is 0. The zero-order valence-electron chi connectivity index (χ0n) is 13.8. The van der Waals surface area contributed by atoms with Gasteiger partial charge in [-0.1, -0.05) is 38.8 Å². The van der Waals surface area contributed by atoms with E-state index < -0.39 is 0 Å². The highest BCUT2D eigenvalue weighted by Gasteiger charge is 2.20. The summed E-state index contributed by atoms with van der Waals surface area (Å²) in [4.78, 5) is 0. The first-order chi connectivity index (χ1) is 10.1. The van der Waals surface area contributed by atoms with E-state index in [1.54, 1.807) is 0 Å². The first-order valence-corrected chi connectivity index (χ1v) is 8.11. The maximum Gasteiger partial charge on any atom is 0.126 e. The van der Waals surface area contributed by atoms with Crippen LogP contribution in [-0.2, 0) is 0 Å². The van der Waals surface area contributed by atoms with E-state index in [1.165, 1.54) is 30.4 Å². The summed E-state index contributed by atoms with van der Waals surface area (Å²) in [6, 6.07) is 6.19. The van der Waals surface area contributed by atoms with Crippen molar-refractivity contribution in [2.24, 2.45) is 5.92 Å². The van der Waals surface area contributed by atoms with E-state index in [1.807, 2.05) is 12.1 Å². The second-order valence-electron chi connectivity index (χ2n) is 6.56. The molecule has 2 nitrogen and oxygen atoms in total. The third kappa shape index (κ3) is 4.80. The van der Waals surface area contributed by atoms with Gasteiger partial charge in [-0.2, -0.15) is 0 Å². The van der Waals surface area contributed by atoms with Gasteiger partial charge in [0.05, 0.1) is 6.61 Å². The minimum atomic E-state index is 0.497. The Balaban J connectivity index is 1.78. The Morgan fingerprint density at radius 1 is 1.43 bits per heavy atom. The van der Waals surface area contributed by atoms with Crippen LogP contribution in [0.5, 0.6) is 11.5 Å². The second-order valence-corrected chi connectivity index (χ2v) is 6.56. The van der Waals surface area contributed by atoms with Gasteiger partial charge >= 0.3 is 0 Å². The Hall–Kier alpha value is -1.44. The quantitative estimate of drug-likeness (QED) is 0.631. The summed E-state index contributed by atoms with van der Waals surface area (Å²) in [5.41, 5.74) is 2.71. The summed E-state index contributed by atoms with van der Waals surface area (Å²) in [6.07, 6.45) is 5.93. The Morgan fingerprint density at radius 2 is 2.24 bits per heavy atom. The highest BCUT2D eigenvalue weighted by atomic mass is 16.5. The highest BCUT2D eigenvalue weighted by Crippen LogP contribution is 2.36. The van der Waals surface area contributed by atoms with Crippen LogP contribution in [0, 0.1) is 5.92 Å². The second kappa shape index (κ2) is 7.53. The molecule has 1 heterocycles. The smallest absolute Gasteiger partial charge is 0.126 e. The van der Waals surface area contributed by atoms with Crippen molar-refractivity contribution in [3.05, 3.63) is 35.4 Å². The molecule has 21 heavy (non-hydrogen) atoms. The lowest BCUT2D eigenvalue weighted by Gasteiger charge is -2.08. The molecule has 2 heteroatoms. The first-order valence-electron chi connectivity index (χ1n) is 8.11. The largest absolute Gasteiger partial charge is 0.493 e. The standard InChI is InChI=1S/C19H28O2/c1-14(2)6-5-7-15(3)10-11-20-17-8-9-18-16(4)13-21-19(18)12-17/h8-10,12,14,16H,5-7,11,13H2,1-4H3. The van der Waals surface area contributed by atoms with Crippen molar-refractivity contribution in [2.75, 3.05) is 13.2 Å². The Kier molecular flexibility index (Phi) is 5.72. The van der Waals surface area contributed by atoms with Gasteiger partial charge in [0, 0.05) is 17.5 Å². The van der Waals surface area contributed by atoms with Gasteiger partial charge in [0.25, 0.3) is 0 Å². The van der Waals surface area contributed by atoms with E-state index in [0.717, 1.165) is 24.0 Å². The number of fused-ring (bicyclic) bond motifs is 1. The number of ether oxygens (including phenoxy) is 2. The molecule has 0 aromatic heterocycles. The van der Waals surface area contributed by atoms with E-state index in [2.05, 4.69) is 39.8 Å². The summed E-state index contributed by atoms with van der Waals surface area (Å²) in [5, 5.41) is 0. The van der Waals surface area contributed by atoms with E-state index in [-0.39, 0.29) is 0 Å². The fourth-order valence-electron chi connectivity index (χ4n) is 2.61. The van der Waals surface area contributed by atoms with Crippen molar-refractivity contribution in [1.29, 1.82) is 0 Å². The van der Waals surface area contributed by atoms with Gasteiger partial charge in [-0.05, 0) is 37.8 Å². The number of allylic oxidation sites excluding steroid dienone is 1. The SMILES string of the molecule is CC(=CCOc1ccc2c(c1)OCC2C)CCCC(C)C. The number of rotatable bonds is 7. The predicted molar refractivity (Wildman–Crippen MR) is 88.3 cm³/mol. The van der Waals surface area contributed by atoms with Crippen LogP contribution >= 0.6 is 0 Å². The van der Waals surface area contributed by atoms with Crippen molar-refractivity contribution in [2.45, 2.75) is 52.9 Å². The molecule has 1 aliphatic rings. The van der Waals surface area contributed by atoms with Crippen LogP contribution in [0.3, 0.4) is 0 Å². The summed E-state index contributed by atoms with van der Waals surface area (Å²) in [6.45, 7) is 10.4. The summed E-state index contributed by atoms with van der Waals surface area (Å²) >= 11 is 0. The molecule has 1 atom stereocenters. The number of hydrogen-bond donors (Lipinski definition) is 0. The van der Waals surface area contributed by atoms with Gasteiger partial charge in [-0.15, -0.1) is 0 Å². The molecule has 0 spiro atoms. The van der Waals surface area contributed by atoms with Gasteiger partial charge in [0.15, 0.2) is 0 Å². The topological polar surface area (TPSA) is 18.5 Å². The average Bonchev–Trinajstić information content (AvgIpc) is 2.80. The number of benzene rings is 1. The highest BCUT2D eigenvalue weighted by molar-refractivity contribution is 5.45. The molecule has 0 fully saturated rings. The third-order valence-corrected chi connectivity index (χ3v) is 4.04. The molecule has 116 valence electrons. The van der Waals surface area contributed by atoms with Gasteiger partial charge in [0.2, 0.25) is 0 Å². The molecule has 1 unspecified atom stereocenters. The predicted octanol–water partition coefficient (Wildman–Crippen LogP) is 5.33. The summed E-state index contributed by atoms with van der Waals surface area (Å²) in [5.74, 6) is 3.17. The van der Waals surface area contributed by atoms with Gasteiger partial charge in [-0.25, -0.2) is 0 Å². The summed E-state index contributed by atoms with van der Waals surface area (Å²) < 4.78 is 11.5. The van der Waals surface area contributed by atoms with E-state index in [4.69, 9.17) is 9.47 Å². The van der Waals surface area contributed by atoms with Gasteiger partial charge < -0.3 is 9.47 Å². The molecule has 0 N–H and O–H groups in total. The van der Waals surface area contributed by atoms with Gasteiger partial charge in [0.1, 0.15) is 18.1 Å². The molecule has 0 saturated heterocycles. The van der Waals surface area contributed by atoms with Crippen molar-refractivity contribution >= 4 is 0 Å². The monoisotopic (exact) mass is 288 g/mol. The molecule has 1 aromatic rings. The normalized spacial score (nSPS) is 17.8. The Bertz CT molecular complexity index is 488. The molecule has 0 saturated carbocycles.